The van der Waals surface area contributed by atoms with E-state index in [0.29, 0.717) is 11.1 Å². The number of hydrogen-bond donors (Lipinski definition) is 1. The minimum atomic E-state index is -4.97. The number of carbonyl (C=O) groups is 1. The van der Waals surface area contributed by atoms with Crippen LogP contribution < -0.4 is 10.1 Å². The normalized spacial score (nSPS) is 11.4. The van der Waals surface area contributed by atoms with Gasteiger partial charge in [-0.25, -0.2) is 9.37 Å². The Morgan fingerprint density at radius 2 is 1.69 bits per heavy atom. The number of nitrogens with one attached hydrogen (secondary N) is 1. The number of ether oxygens (including phenoxy) is 1. The average molecular weight is 365 g/mol. The minimum Gasteiger partial charge on any atom is -0.387 e. The molecule has 134 valence electrons. The molecule has 0 aliphatic rings. The molecule has 0 saturated carbocycles. The van der Waals surface area contributed by atoms with Crippen LogP contribution in [0.5, 0.6) is 5.88 Å². The van der Waals surface area contributed by atoms with Crippen LogP contribution in [-0.2, 0) is 4.79 Å². The van der Waals surface area contributed by atoms with Gasteiger partial charge >= 0.3 is 6.36 Å². The van der Waals surface area contributed by atoms with Crippen molar-refractivity contribution < 1.29 is 27.1 Å². The third kappa shape index (κ3) is 4.05. The SMILES string of the molecule is CC(=O)Nc1nc(OC(F)(F)F)c2cc(-c3ccc(F)cc3)ccc2n1. The quantitative estimate of drug-likeness (QED) is 0.703. The van der Waals surface area contributed by atoms with Gasteiger partial charge in [-0.3, -0.25) is 10.1 Å². The minimum absolute atomic E-state index is 0.00162. The number of hydrogen-bond acceptors (Lipinski definition) is 4. The summed E-state index contributed by atoms with van der Waals surface area (Å²) >= 11 is 0. The number of fused-ring (bicyclic) bond motifs is 1. The Hall–Kier alpha value is -3.23. The number of amides is 1. The van der Waals surface area contributed by atoms with E-state index in [1.165, 1.54) is 43.3 Å². The van der Waals surface area contributed by atoms with Crippen molar-refractivity contribution in [1.29, 1.82) is 0 Å². The van der Waals surface area contributed by atoms with Crippen molar-refractivity contribution in [3.05, 3.63) is 48.3 Å². The summed E-state index contributed by atoms with van der Waals surface area (Å²) in [5.74, 6) is -2.02. The zero-order valence-corrected chi connectivity index (χ0v) is 13.3. The molecule has 0 saturated heterocycles. The maximum absolute atomic E-state index is 13.1. The fourth-order valence-corrected chi connectivity index (χ4v) is 2.32. The number of rotatable bonds is 3. The Labute approximate surface area is 144 Å². The van der Waals surface area contributed by atoms with E-state index in [-0.39, 0.29) is 16.9 Å². The van der Waals surface area contributed by atoms with E-state index in [9.17, 15) is 22.4 Å². The number of alkyl halides is 3. The highest BCUT2D eigenvalue weighted by atomic mass is 19.4. The highest BCUT2D eigenvalue weighted by molar-refractivity contribution is 5.92. The van der Waals surface area contributed by atoms with Crippen molar-refractivity contribution in [2.24, 2.45) is 0 Å². The highest BCUT2D eigenvalue weighted by Crippen LogP contribution is 2.32. The van der Waals surface area contributed by atoms with Crippen molar-refractivity contribution in [2.75, 3.05) is 5.32 Å². The van der Waals surface area contributed by atoms with Crippen LogP contribution in [0.3, 0.4) is 0 Å². The molecule has 1 aromatic heterocycles. The Balaban J connectivity index is 2.15. The Bertz CT molecular complexity index is 972. The van der Waals surface area contributed by atoms with Gasteiger partial charge in [0.15, 0.2) is 0 Å². The van der Waals surface area contributed by atoms with Gasteiger partial charge in [-0.05, 0) is 35.4 Å². The molecule has 0 spiro atoms. The Kier molecular flexibility index (Phi) is 4.45. The summed E-state index contributed by atoms with van der Waals surface area (Å²) in [4.78, 5) is 18.8. The van der Waals surface area contributed by atoms with E-state index in [2.05, 4.69) is 20.0 Å². The smallest absolute Gasteiger partial charge is 0.387 e. The van der Waals surface area contributed by atoms with Gasteiger partial charge in [0.25, 0.3) is 0 Å². The van der Waals surface area contributed by atoms with E-state index < -0.39 is 24.0 Å². The number of benzene rings is 2. The summed E-state index contributed by atoms with van der Waals surface area (Å²) in [5, 5.41) is 2.22. The number of anilines is 1. The van der Waals surface area contributed by atoms with Crippen LogP contribution in [0, 0.1) is 5.82 Å². The fraction of sp³-hybridized carbons (Fsp3) is 0.118. The molecule has 9 heteroatoms. The van der Waals surface area contributed by atoms with Gasteiger partial charge in [-0.1, -0.05) is 18.2 Å². The molecule has 0 fully saturated rings. The molecule has 0 unspecified atom stereocenters. The third-order valence-corrected chi connectivity index (χ3v) is 3.34. The molecule has 1 amide bonds. The standard InChI is InChI=1S/C17H11F4N3O2/c1-9(25)22-16-23-14-7-4-11(10-2-5-12(18)6-3-10)8-13(14)15(24-16)26-17(19,20)21/h2-8H,1H3,(H,22,23,24,25). The largest absolute Gasteiger partial charge is 0.574 e. The maximum Gasteiger partial charge on any atom is 0.574 e. The van der Waals surface area contributed by atoms with Crippen LogP contribution in [0.4, 0.5) is 23.5 Å². The highest BCUT2D eigenvalue weighted by Gasteiger charge is 2.33. The summed E-state index contributed by atoms with van der Waals surface area (Å²) in [6, 6.07) is 9.94. The third-order valence-electron chi connectivity index (χ3n) is 3.34. The lowest BCUT2D eigenvalue weighted by molar-refractivity contribution is -0.275. The molecule has 0 atom stereocenters. The summed E-state index contributed by atoms with van der Waals surface area (Å²) < 4.78 is 55.2. The van der Waals surface area contributed by atoms with Crippen LogP contribution in [0.2, 0.25) is 0 Å². The van der Waals surface area contributed by atoms with Crippen molar-refractivity contribution in [1.82, 2.24) is 9.97 Å². The predicted molar refractivity (Wildman–Crippen MR) is 85.9 cm³/mol. The molecule has 5 nitrogen and oxygen atoms in total. The van der Waals surface area contributed by atoms with Crippen LogP contribution in [0.15, 0.2) is 42.5 Å². The first-order chi connectivity index (χ1) is 12.2. The lowest BCUT2D eigenvalue weighted by Crippen LogP contribution is -2.19. The zero-order valence-electron chi connectivity index (χ0n) is 13.3. The van der Waals surface area contributed by atoms with Gasteiger partial charge in [-0.2, -0.15) is 4.98 Å². The number of halogens is 4. The second kappa shape index (κ2) is 6.58. The molecule has 0 aliphatic carbocycles. The number of aromatic nitrogens is 2. The van der Waals surface area contributed by atoms with Gasteiger partial charge in [0.05, 0.1) is 10.9 Å². The molecule has 26 heavy (non-hydrogen) atoms. The van der Waals surface area contributed by atoms with E-state index >= 15 is 0 Å². The summed E-state index contributed by atoms with van der Waals surface area (Å²) in [6.45, 7) is 1.18. The first-order valence-electron chi connectivity index (χ1n) is 7.32. The van der Waals surface area contributed by atoms with Gasteiger partial charge in [0, 0.05) is 6.92 Å². The first kappa shape index (κ1) is 17.6. The van der Waals surface area contributed by atoms with E-state index in [4.69, 9.17) is 0 Å². The van der Waals surface area contributed by atoms with Crippen LogP contribution in [-0.4, -0.2) is 22.2 Å². The molecule has 3 aromatic rings. The van der Waals surface area contributed by atoms with Gasteiger partial charge < -0.3 is 4.74 Å². The Morgan fingerprint density at radius 3 is 2.31 bits per heavy atom. The number of nitrogens with zero attached hydrogens (tertiary/aromatic N) is 2. The topological polar surface area (TPSA) is 64.1 Å². The van der Waals surface area contributed by atoms with Crippen molar-refractivity contribution >= 4 is 22.8 Å². The fourth-order valence-electron chi connectivity index (χ4n) is 2.32. The van der Waals surface area contributed by atoms with Gasteiger partial charge in [-0.15, -0.1) is 13.2 Å². The molecule has 0 radical (unpaired) electrons. The second-order valence-corrected chi connectivity index (χ2v) is 5.32. The van der Waals surface area contributed by atoms with Crippen LogP contribution >= 0.6 is 0 Å². The molecule has 1 N–H and O–H groups in total. The van der Waals surface area contributed by atoms with Gasteiger partial charge in [0.1, 0.15) is 5.82 Å². The van der Waals surface area contributed by atoms with E-state index in [1.807, 2.05) is 0 Å². The summed E-state index contributed by atoms with van der Waals surface area (Å²) in [6.07, 6.45) is -4.97. The molecular formula is C17H11F4N3O2. The molecular weight excluding hydrogens is 354 g/mol. The Morgan fingerprint density at radius 1 is 1.04 bits per heavy atom. The molecule has 3 rings (SSSR count). The first-order valence-corrected chi connectivity index (χ1v) is 7.32. The van der Waals surface area contributed by atoms with Crippen molar-refractivity contribution in [2.45, 2.75) is 13.3 Å². The molecule has 0 bridgehead atoms. The predicted octanol–water partition coefficient (Wildman–Crippen LogP) is 4.29. The lowest BCUT2D eigenvalue weighted by Gasteiger charge is -2.13. The molecule has 1 heterocycles. The van der Waals surface area contributed by atoms with Crippen LogP contribution in [0.1, 0.15) is 6.92 Å². The average Bonchev–Trinajstić information content (AvgIpc) is 2.53. The monoisotopic (exact) mass is 365 g/mol. The summed E-state index contributed by atoms with van der Waals surface area (Å²) in [7, 11) is 0. The summed E-state index contributed by atoms with van der Waals surface area (Å²) in [5.41, 5.74) is 1.27. The van der Waals surface area contributed by atoms with Crippen molar-refractivity contribution in [3.63, 3.8) is 0 Å². The maximum atomic E-state index is 13.1. The molecule has 2 aromatic carbocycles. The zero-order chi connectivity index (χ0) is 18.9. The lowest BCUT2D eigenvalue weighted by atomic mass is 10.0. The second-order valence-electron chi connectivity index (χ2n) is 5.32. The van der Waals surface area contributed by atoms with Crippen molar-refractivity contribution in [3.8, 4) is 17.0 Å². The van der Waals surface area contributed by atoms with E-state index in [0.717, 1.165) is 0 Å². The molecule has 0 aliphatic heterocycles. The number of carbonyl (C=O) groups excluding carboxylic acids is 1. The van der Waals surface area contributed by atoms with E-state index in [1.54, 1.807) is 6.07 Å². The van der Waals surface area contributed by atoms with Crippen LogP contribution in [0.25, 0.3) is 22.0 Å². The van der Waals surface area contributed by atoms with Gasteiger partial charge in [0.2, 0.25) is 17.7 Å².